The number of benzene rings is 2. The first-order valence-corrected chi connectivity index (χ1v) is 7.07. The zero-order valence-corrected chi connectivity index (χ0v) is 11.8. The molecular formula is C18H19O2-. The molecule has 0 saturated heterocycles. The second-order valence-electron chi connectivity index (χ2n) is 5.05. The van der Waals surface area contributed by atoms with Crippen LogP contribution in [0.1, 0.15) is 40.4 Å². The number of carboxylic acid groups (broad SMARTS) is 1. The van der Waals surface area contributed by atoms with Crippen LogP contribution < -0.4 is 5.11 Å². The topological polar surface area (TPSA) is 40.1 Å². The van der Waals surface area contributed by atoms with Crippen molar-refractivity contribution in [3.05, 3.63) is 70.8 Å². The van der Waals surface area contributed by atoms with Gasteiger partial charge < -0.3 is 9.90 Å². The Morgan fingerprint density at radius 3 is 1.60 bits per heavy atom. The van der Waals surface area contributed by atoms with E-state index in [1.165, 1.54) is 17.5 Å². The summed E-state index contributed by atoms with van der Waals surface area (Å²) in [6, 6.07) is 15.7. The standard InChI is InChI=1S/C18H20O2/c1-2-3-14-4-6-15(7-5-14)8-9-16-10-12-17(13-11-16)18(19)20/h4-7,10-13H,2-3,8-9H2,1H3,(H,19,20)/p-1. The summed E-state index contributed by atoms with van der Waals surface area (Å²) in [6.07, 6.45) is 4.19. The second kappa shape index (κ2) is 6.90. The molecule has 104 valence electrons. The first-order chi connectivity index (χ1) is 9.69. The lowest BCUT2D eigenvalue weighted by molar-refractivity contribution is -0.255. The van der Waals surface area contributed by atoms with E-state index in [0.717, 1.165) is 24.8 Å². The van der Waals surface area contributed by atoms with Gasteiger partial charge in [-0.25, -0.2) is 0 Å². The molecule has 2 aromatic rings. The summed E-state index contributed by atoms with van der Waals surface area (Å²) in [4.78, 5) is 10.7. The third-order valence-corrected chi connectivity index (χ3v) is 3.45. The Labute approximate surface area is 120 Å². The largest absolute Gasteiger partial charge is 0.545 e. The Balaban J connectivity index is 1.92. The van der Waals surface area contributed by atoms with Crippen molar-refractivity contribution in [2.45, 2.75) is 32.6 Å². The summed E-state index contributed by atoms with van der Waals surface area (Å²) in [7, 11) is 0. The average molecular weight is 267 g/mol. The van der Waals surface area contributed by atoms with Crippen molar-refractivity contribution in [1.29, 1.82) is 0 Å². The molecule has 0 spiro atoms. The highest BCUT2D eigenvalue weighted by Crippen LogP contribution is 2.11. The highest BCUT2D eigenvalue weighted by atomic mass is 16.4. The number of carbonyl (C=O) groups excluding carboxylic acids is 1. The lowest BCUT2D eigenvalue weighted by atomic mass is 10.0. The minimum Gasteiger partial charge on any atom is -0.545 e. The summed E-state index contributed by atoms with van der Waals surface area (Å²) < 4.78 is 0. The maximum Gasteiger partial charge on any atom is 0.0715 e. The molecule has 2 aromatic carbocycles. The third-order valence-electron chi connectivity index (χ3n) is 3.45. The van der Waals surface area contributed by atoms with Gasteiger partial charge in [0, 0.05) is 0 Å². The Morgan fingerprint density at radius 1 is 0.800 bits per heavy atom. The van der Waals surface area contributed by atoms with Crippen molar-refractivity contribution in [2.75, 3.05) is 0 Å². The summed E-state index contributed by atoms with van der Waals surface area (Å²) >= 11 is 0. The van der Waals surface area contributed by atoms with Gasteiger partial charge in [-0.05, 0) is 41.5 Å². The van der Waals surface area contributed by atoms with Gasteiger partial charge in [-0.15, -0.1) is 0 Å². The zero-order chi connectivity index (χ0) is 14.4. The molecular weight excluding hydrogens is 248 g/mol. The fraction of sp³-hybridized carbons (Fsp3) is 0.278. The van der Waals surface area contributed by atoms with E-state index in [-0.39, 0.29) is 5.56 Å². The van der Waals surface area contributed by atoms with Crippen molar-refractivity contribution >= 4 is 5.97 Å². The molecule has 0 saturated carbocycles. The quantitative estimate of drug-likeness (QED) is 0.807. The number of carboxylic acids is 1. The Kier molecular flexibility index (Phi) is 4.94. The maximum absolute atomic E-state index is 10.7. The van der Waals surface area contributed by atoms with E-state index < -0.39 is 5.97 Å². The van der Waals surface area contributed by atoms with Crippen molar-refractivity contribution in [3.63, 3.8) is 0 Å². The van der Waals surface area contributed by atoms with Gasteiger partial charge in [0.15, 0.2) is 0 Å². The van der Waals surface area contributed by atoms with E-state index in [0.29, 0.717) is 0 Å². The van der Waals surface area contributed by atoms with Gasteiger partial charge in [0.05, 0.1) is 5.97 Å². The number of hydrogen-bond donors (Lipinski definition) is 0. The van der Waals surface area contributed by atoms with Gasteiger partial charge in [0.1, 0.15) is 0 Å². The van der Waals surface area contributed by atoms with Crippen LogP contribution in [0.15, 0.2) is 48.5 Å². The number of aromatic carboxylic acids is 1. The van der Waals surface area contributed by atoms with E-state index in [1.54, 1.807) is 12.1 Å². The van der Waals surface area contributed by atoms with E-state index in [2.05, 4.69) is 31.2 Å². The molecule has 0 aromatic heterocycles. The molecule has 0 atom stereocenters. The van der Waals surface area contributed by atoms with Crippen molar-refractivity contribution in [1.82, 2.24) is 0 Å². The van der Waals surface area contributed by atoms with Gasteiger partial charge in [-0.2, -0.15) is 0 Å². The highest BCUT2D eigenvalue weighted by Gasteiger charge is 1.98. The number of hydrogen-bond acceptors (Lipinski definition) is 2. The Hall–Kier alpha value is -2.09. The SMILES string of the molecule is CCCc1ccc(CCc2ccc(C(=O)[O-])cc2)cc1. The lowest BCUT2D eigenvalue weighted by Gasteiger charge is -2.06. The Bertz CT molecular complexity index is 553. The van der Waals surface area contributed by atoms with Crippen LogP contribution in [-0.2, 0) is 19.3 Å². The average Bonchev–Trinajstić information content (AvgIpc) is 2.47. The lowest BCUT2D eigenvalue weighted by Crippen LogP contribution is -2.21. The third kappa shape index (κ3) is 3.95. The summed E-state index contributed by atoms with van der Waals surface area (Å²) in [6.45, 7) is 2.18. The normalized spacial score (nSPS) is 10.4. The van der Waals surface area contributed by atoms with E-state index in [4.69, 9.17) is 0 Å². The van der Waals surface area contributed by atoms with Crippen molar-refractivity contribution < 1.29 is 9.90 Å². The number of aryl methyl sites for hydroxylation is 3. The van der Waals surface area contributed by atoms with Crippen LogP contribution >= 0.6 is 0 Å². The van der Waals surface area contributed by atoms with Gasteiger partial charge in [0.25, 0.3) is 0 Å². The molecule has 2 heteroatoms. The second-order valence-corrected chi connectivity index (χ2v) is 5.05. The van der Waals surface area contributed by atoms with Gasteiger partial charge in [-0.3, -0.25) is 0 Å². The van der Waals surface area contributed by atoms with Crippen LogP contribution in [0, 0.1) is 0 Å². The monoisotopic (exact) mass is 267 g/mol. The number of rotatable bonds is 6. The maximum atomic E-state index is 10.7. The molecule has 0 radical (unpaired) electrons. The van der Waals surface area contributed by atoms with Crippen LogP contribution in [0.25, 0.3) is 0 Å². The van der Waals surface area contributed by atoms with Crippen molar-refractivity contribution in [2.24, 2.45) is 0 Å². The first-order valence-electron chi connectivity index (χ1n) is 7.07. The van der Waals surface area contributed by atoms with Gasteiger partial charge >= 0.3 is 0 Å². The van der Waals surface area contributed by atoms with Gasteiger partial charge in [0.2, 0.25) is 0 Å². The van der Waals surface area contributed by atoms with Crippen LogP contribution in [0.2, 0.25) is 0 Å². The van der Waals surface area contributed by atoms with E-state index in [9.17, 15) is 9.90 Å². The summed E-state index contributed by atoms with van der Waals surface area (Å²) in [5, 5.41) is 10.7. The molecule has 0 aliphatic heterocycles. The zero-order valence-electron chi connectivity index (χ0n) is 11.8. The van der Waals surface area contributed by atoms with E-state index in [1.807, 2.05) is 12.1 Å². The van der Waals surface area contributed by atoms with E-state index >= 15 is 0 Å². The van der Waals surface area contributed by atoms with Crippen LogP contribution in [0.4, 0.5) is 0 Å². The Morgan fingerprint density at radius 2 is 1.20 bits per heavy atom. The molecule has 0 amide bonds. The molecule has 0 aliphatic rings. The van der Waals surface area contributed by atoms with Gasteiger partial charge in [-0.1, -0.05) is 61.9 Å². The van der Waals surface area contributed by atoms with Crippen LogP contribution in [0.3, 0.4) is 0 Å². The van der Waals surface area contributed by atoms with Crippen LogP contribution in [0.5, 0.6) is 0 Å². The predicted octanol–water partition coefficient (Wildman–Crippen LogP) is 2.79. The molecule has 2 rings (SSSR count). The molecule has 2 nitrogen and oxygen atoms in total. The molecule has 0 N–H and O–H groups in total. The molecule has 0 bridgehead atoms. The summed E-state index contributed by atoms with van der Waals surface area (Å²) in [5.74, 6) is -1.12. The fourth-order valence-electron chi connectivity index (χ4n) is 2.26. The molecule has 0 aliphatic carbocycles. The number of carbonyl (C=O) groups is 1. The minimum atomic E-state index is -1.12. The smallest absolute Gasteiger partial charge is 0.0715 e. The van der Waals surface area contributed by atoms with Crippen LogP contribution in [-0.4, -0.2) is 5.97 Å². The highest BCUT2D eigenvalue weighted by molar-refractivity contribution is 5.85. The predicted molar refractivity (Wildman–Crippen MR) is 78.6 cm³/mol. The van der Waals surface area contributed by atoms with Crippen molar-refractivity contribution in [3.8, 4) is 0 Å². The molecule has 0 heterocycles. The molecule has 0 fully saturated rings. The molecule has 0 unspecified atom stereocenters. The minimum absolute atomic E-state index is 0.234. The fourth-order valence-corrected chi connectivity index (χ4v) is 2.26. The summed E-state index contributed by atoms with van der Waals surface area (Å²) in [5.41, 5.74) is 4.08. The first kappa shape index (κ1) is 14.3. The molecule has 20 heavy (non-hydrogen) atoms.